The highest BCUT2D eigenvalue weighted by Gasteiger charge is 2.41. The number of rotatable bonds is 8. The van der Waals surface area contributed by atoms with Crippen LogP contribution >= 0.6 is 0 Å². The van der Waals surface area contributed by atoms with Crippen molar-refractivity contribution in [1.82, 2.24) is 4.72 Å². The van der Waals surface area contributed by atoms with E-state index in [1.165, 1.54) is 20.3 Å². The molecular formula is C16H23NO5S. The lowest BCUT2D eigenvalue weighted by Gasteiger charge is -2.16. The van der Waals surface area contributed by atoms with Crippen molar-refractivity contribution >= 4 is 16.0 Å². The van der Waals surface area contributed by atoms with Gasteiger partial charge in [0, 0.05) is 6.54 Å². The number of hydrogen-bond acceptors (Lipinski definition) is 5. The second-order valence-electron chi connectivity index (χ2n) is 5.90. The van der Waals surface area contributed by atoms with E-state index in [1.807, 2.05) is 0 Å². The molecule has 1 aliphatic rings. The molecule has 0 aliphatic heterocycles. The maximum absolute atomic E-state index is 12.6. The lowest BCUT2D eigenvalue weighted by molar-refractivity contribution is -0.139. The third kappa shape index (κ3) is 4.23. The standard InChI is InChI=1S/C16H23NO5S/c1-4-16(7-8-16)11-17-23(19,20)14-6-5-13(21-2)9-12(14)10-15(18)22-3/h5-6,9,17H,4,7-8,10-11H2,1-3H3. The van der Waals surface area contributed by atoms with Gasteiger partial charge in [0.1, 0.15) is 5.75 Å². The fraction of sp³-hybridized carbons (Fsp3) is 0.562. The molecule has 0 radical (unpaired) electrons. The molecule has 6 nitrogen and oxygen atoms in total. The lowest BCUT2D eigenvalue weighted by atomic mass is 10.1. The molecule has 1 saturated carbocycles. The molecule has 1 N–H and O–H groups in total. The maximum Gasteiger partial charge on any atom is 0.310 e. The summed E-state index contributed by atoms with van der Waals surface area (Å²) in [5.41, 5.74) is 0.465. The fourth-order valence-electron chi connectivity index (χ4n) is 2.47. The van der Waals surface area contributed by atoms with Crippen molar-refractivity contribution in [3.05, 3.63) is 23.8 Å². The van der Waals surface area contributed by atoms with Gasteiger partial charge in [0.25, 0.3) is 0 Å². The summed E-state index contributed by atoms with van der Waals surface area (Å²) >= 11 is 0. The minimum Gasteiger partial charge on any atom is -0.497 e. The molecule has 0 atom stereocenters. The highest BCUT2D eigenvalue weighted by Crippen LogP contribution is 2.48. The van der Waals surface area contributed by atoms with Crippen LogP contribution in [0.15, 0.2) is 23.1 Å². The van der Waals surface area contributed by atoms with E-state index >= 15 is 0 Å². The van der Waals surface area contributed by atoms with Gasteiger partial charge in [-0.2, -0.15) is 0 Å². The van der Waals surface area contributed by atoms with Crippen molar-refractivity contribution < 1.29 is 22.7 Å². The number of nitrogens with one attached hydrogen (secondary N) is 1. The largest absolute Gasteiger partial charge is 0.497 e. The van der Waals surface area contributed by atoms with Crippen molar-refractivity contribution in [1.29, 1.82) is 0 Å². The van der Waals surface area contributed by atoms with Crippen LogP contribution in [0.2, 0.25) is 0 Å². The summed E-state index contributed by atoms with van der Waals surface area (Å²) in [5.74, 6) is -0.00278. The number of sulfonamides is 1. The van der Waals surface area contributed by atoms with E-state index in [1.54, 1.807) is 12.1 Å². The molecule has 1 aromatic rings. The lowest BCUT2D eigenvalue weighted by Crippen LogP contribution is -2.31. The van der Waals surface area contributed by atoms with E-state index in [2.05, 4.69) is 16.4 Å². The van der Waals surface area contributed by atoms with Crippen LogP contribution in [0, 0.1) is 5.41 Å². The van der Waals surface area contributed by atoms with Crippen LogP contribution in [0.1, 0.15) is 31.7 Å². The SMILES string of the molecule is CCC1(CNS(=O)(=O)c2ccc(OC)cc2CC(=O)OC)CC1. The Morgan fingerprint density at radius 3 is 2.52 bits per heavy atom. The molecular weight excluding hydrogens is 318 g/mol. The van der Waals surface area contributed by atoms with Crippen LogP contribution in [0.3, 0.4) is 0 Å². The average Bonchev–Trinajstić information content (AvgIpc) is 3.33. The minimum atomic E-state index is -3.69. The van der Waals surface area contributed by atoms with Gasteiger partial charge in [-0.1, -0.05) is 6.92 Å². The number of carbonyl (C=O) groups is 1. The molecule has 1 fully saturated rings. The summed E-state index contributed by atoms with van der Waals surface area (Å²) in [6.45, 7) is 2.49. The number of methoxy groups -OCH3 is 2. The summed E-state index contributed by atoms with van der Waals surface area (Å²) in [5, 5.41) is 0. The molecule has 0 spiro atoms. The zero-order valence-corrected chi connectivity index (χ0v) is 14.5. The smallest absolute Gasteiger partial charge is 0.310 e. The second-order valence-corrected chi connectivity index (χ2v) is 7.64. The summed E-state index contributed by atoms with van der Waals surface area (Å²) < 4.78 is 37.6. The van der Waals surface area contributed by atoms with Gasteiger partial charge in [0.15, 0.2) is 0 Å². The van der Waals surface area contributed by atoms with Crippen molar-refractivity contribution in [3.63, 3.8) is 0 Å². The van der Waals surface area contributed by atoms with E-state index in [0.29, 0.717) is 17.9 Å². The van der Waals surface area contributed by atoms with Gasteiger partial charge in [0.2, 0.25) is 10.0 Å². The molecule has 0 aromatic heterocycles. The summed E-state index contributed by atoms with van der Waals surface area (Å²) in [4.78, 5) is 11.6. The van der Waals surface area contributed by atoms with Crippen LogP contribution in [0.25, 0.3) is 0 Å². The Morgan fingerprint density at radius 1 is 1.30 bits per heavy atom. The monoisotopic (exact) mass is 341 g/mol. The first kappa shape index (κ1) is 17.7. The Hall–Kier alpha value is -1.60. The van der Waals surface area contributed by atoms with Gasteiger partial charge < -0.3 is 9.47 Å². The predicted octanol–water partition coefficient (Wildman–Crippen LogP) is 1.88. The minimum absolute atomic E-state index is 0.0932. The quantitative estimate of drug-likeness (QED) is 0.730. The third-order valence-electron chi connectivity index (χ3n) is 4.46. The zero-order valence-electron chi connectivity index (χ0n) is 13.7. The van der Waals surface area contributed by atoms with Gasteiger partial charge >= 0.3 is 5.97 Å². The first-order chi connectivity index (χ1) is 10.9. The van der Waals surface area contributed by atoms with Crippen LogP contribution in [0.5, 0.6) is 5.75 Å². The van der Waals surface area contributed by atoms with E-state index in [4.69, 9.17) is 4.74 Å². The average molecular weight is 341 g/mol. The molecule has 7 heteroatoms. The molecule has 0 heterocycles. The number of esters is 1. The number of benzene rings is 1. The topological polar surface area (TPSA) is 81.7 Å². The van der Waals surface area contributed by atoms with Crippen LogP contribution in [-0.2, 0) is 26.0 Å². The molecule has 2 rings (SSSR count). The van der Waals surface area contributed by atoms with Gasteiger partial charge in [-0.15, -0.1) is 0 Å². The van der Waals surface area contributed by atoms with E-state index in [0.717, 1.165) is 19.3 Å². The first-order valence-corrected chi connectivity index (χ1v) is 9.07. The first-order valence-electron chi connectivity index (χ1n) is 7.59. The van der Waals surface area contributed by atoms with E-state index in [-0.39, 0.29) is 16.7 Å². The molecule has 1 aromatic carbocycles. The van der Waals surface area contributed by atoms with Gasteiger partial charge in [-0.05, 0) is 48.4 Å². The Balaban J connectivity index is 2.26. The molecule has 0 unspecified atom stereocenters. The van der Waals surface area contributed by atoms with Gasteiger partial charge in [0.05, 0.1) is 25.5 Å². The van der Waals surface area contributed by atoms with Crippen LogP contribution in [-0.4, -0.2) is 35.2 Å². The van der Waals surface area contributed by atoms with Crippen molar-refractivity contribution in [3.8, 4) is 5.75 Å². The molecule has 0 bridgehead atoms. The Labute approximate surface area is 137 Å². The van der Waals surface area contributed by atoms with E-state index < -0.39 is 16.0 Å². The predicted molar refractivity (Wildman–Crippen MR) is 85.9 cm³/mol. The van der Waals surface area contributed by atoms with Crippen molar-refractivity contribution in [2.75, 3.05) is 20.8 Å². The maximum atomic E-state index is 12.6. The fourth-order valence-corrected chi connectivity index (χ4v) is 3.84. The molecule has 128 valence electrons. The van der Waals surface area contributed by atoms with Crippen LogP contribution in [0.4, 0.5) is 0 Å². The zero-order chi connectivity index (χ0) is 17.1. The van der Waals surface area contributed by atoms with Gasteiger partial charge in [-0.3, -0.25) is 4.79 Å². The summed E-state index contributed by atoms with van der Waals surface area (Å²) in [7, 11) is -0.928. The van der Waals surface area contributed by atoms with Crippen molar-refractivity contribution in [2.24, 2.45) is 5.41 Å². The number of hydrogen-bond donors (Lipinski definition) is 1. The highest BCUT2D eigenvalue weighted by atomic mass is 32.2. The normalized spacial score (nSPS) is 16.0. The molecule has 1 aliphatic carbocycles. The molecule has 23 heavy (non-hydrogen) atoms. The molecule has 0 saturated heterocycles. The van der Waals surface area contributed by atoms with Gasteiger partial charge in [-0.25, -0.2) is 13.1 Å². The highest BCUT2D eigenvalue weighted by molar-refractivity contribution is 7.89. The third-order valence-corrected chi connectivity index (χ3v) is 5.97. The second kappa shape index (κ2) is 6.88. The Kier molecular flexibility index (Phi) is 5.31. The number of ether oxygens (including phenoxy) is 2. The number of carbonyl (C=O) groups excluding carboxylic acids is 1. The van der Waals surface area contributed by atoms with E-state index in [9.17, 15) is 13.2 Å². The Bertz CT molecular complexity index is 680. The summed E-state index contributed by atoms with van der Waals surface area (Å²) in [6, 6.07) is 4.59. The summed E-state index contributed by atoms with van der Waals surface area (Å²) in [6.07, 6.45) is 2.92. The van der Waals surface area contributed by atoms with Crippen molar-refractivity contribution in [2.45, 2.75) is 37.5 Å². The molecule has 0 amide bonds. The van der Waals surface area contributed by atoms with Crippen LogP contribution < -0.4 is 9.46 Å². The Morgan fingerprint density at radius 2 is 2.00 bits per heavy atom.